The molecule has 1 aromatic heterocycles. The fraction of sp³-hybridized carbons (Fsp3) is 0.250. The summed E-state index contributed by atoms with van der Waals surface area (Å²) < 4.78 is 26.9. The average molecular weight is 393 g/mol. The predicted octanol–water partition coefficient (Wildman–Crippen LogP) is 2.71. The summed E-state index contributed by atoms with van der Waals surface area (Å²) in [6.07, 6.45) is 0.303. The summed E-state index contributed by atoms with van der Waals surface area (Å²) in [6.45, 7) is 0.859. The number of fused-ring (bicyclic) bond motifs is 2. The van der Waals surface area contributed by atoms with Crippen molar-refractivity contribution in [1.29, 1.82) is 0 Å². The van der Waals surface area contributed by atoms with Gasteiger partial charge in [0.1, 0.15) is 0 Å². The van der Waals surface area contributed by atoms with Crippen LogP contribution in [0.2, 0.25) is 0 Å². The first kappa shape index (κ1) is 16.2. The van der Waals surface area contributed by atoms with E-state index in [0.29, 0.717) is 47.7 Å². The molecule has 3 aliphatic heterocycles. The van der Waals surface area contributed by atoms with Crippen LogP contribution in [0.25, 0.3) is 11.4 Å². The van der Waals surface area contributed by atoms with E-state index in [-0.39, 0.29) is 25.4 Å². The maximum absolute atomic E-state index is 12.6. The van der Waals surface area contributed by atoms with Gasteiger partial charge >= 0.3 is 0 Å². The lowest BCUT2D eigenvalue weighted by atomic mass is 10.1. The van der Waals surface area contributed by atoms with Crippen LogP contribution in [-0.4, -0.2) is 36.2 Å². The Hall–Kier alpha value is -3.75. The maximum atomic E-state index is 12.6. The second-order valence-electron chi connectivity index (χ2n) is 6.97. The molecule has 146 valence electrons. The highest BCUT2D eigenvalue weighted by Crippen LogP contribution is 2.39. The van der Waals surface area contributed by atoms with E-state index in [1.54, 1.807) is 4.90 Å². The highest BCUT2D eigenvalue weighted by atomic mass is 16.7. The van der Waals surface area contributed by atoms with Gasteiger partial charge < -0.3 is 28.4 Å². The summed E-state index contributed by atoms with van der Waals surface area (Å²) in [5.41, 5.74) is 1.53. The number of hydrogen-bond donors (Lipinski definition) is 0. The van der Waals surface area contributed by atoms with Gasteiger partial charge in [0.25, 0.3) is 0 Å². The zero-order chi connectivity index (χ0) is 19.4. The Labute approximate surface area is 164 Å². The average Bonchev–Trinajstić information content (AvgIpc) is 3.51. The number of rotatable bonds is 3. The predicted molar refractivity (Wildman–Crippen MR) is 98.1 cm³/mol. The van der Waals surface area contributed by atoms with Gasteiger partial charge in [-0.05, 0) is 30.3 Å². The molecule has 1 fully saturated rings. The van der Waals surface area contributed by atoms with Crippen molar-refractivity contribution in [1.82, 2.24) is 10.1 Å². The molecule has 2 aromatic carbocycles. The summed E-state index contributed by atoms with van der Waals surface area (Å²) in [7, 11) is 0. The number of ether oxygens (including phenoxy) is 4. The maximum Gasteiger partial charge on any atom is 0.232 e. The summed E-state index contributed by atoms with van der Waals surface area (Å²) in [4.78, 5) is 18.8. The van der Waals surface area contributed by atoms with Gasteiger partial charge in [0.15, 0.2) is 23.0 Å². The third kappa shape index (κ3) is 2.65. The van der Waals surface area contributed by atoms with E-state index in [1.807, 2.05) is 36.4 Å². The summed E-state index contributed by atoms with van der Waals surface area (Å²) in [6, 6.07) is 10.9. The van der Waals surface area contributed by atoms with Crippen LogP contribution in [0.1, 0.15) is 18.2 Å². The molecule has 0 N–H and O–H groups in total. The number of aromatic nitrogens is 2. The van der Waals surface area contributed by atoms with E-state index in [4.69, 9.17) is 23.5 Å². The monoisotopic (exact) mass is 393 g/mol. The molecule has 0 unspecified atom stereocenters. The van der Waals surface area contributed by atoms with Gasteiger partial charge in [-0.2, -0.15) is 4.98 Å². The molecule has 9 nitrogen and oxygen atoms in total. The van der Waals surface area contributed by atoms with Crippen LogP contribution < -0.4 is 23.8 Å². The van der Waals surface area contributed by atoms with Crippen molar-refractivity contribution < 1.29 is 28.3 Å². The molecule has 3 aromatic rings. The molecule has 0 aliphatic carbocycles. The standard InChI is InChI=1S/C20H15N3O6/c24-18-6-12(8-23(18)13-2-4-15-17(7-13)28-10-26-15)20-21-19(22-29-20)11-1-3-14-16(5-11)27-9-25-14/h1-5,7,12H,6,8-10H2/t12-/m0/s1. The summed E-state index contributed by atoms with van der Waals surface area (Å²) in [5.74, 6) is 3.38. The molecule has 1 atom stereocenters. The molecule has 0 saturated carbocycles. The minimum absolute atomic E-state index is 0.00306. The second kappa shape index (κ2) is 6.13. The molecule has 0 spiro atoms. The first-order valence-corrected chi connectivity index (χ1v) is 9.18. The summed E-state index contributed by atoms with van der Waals surface area (Å²) in [5, 5.41) is 4.08. The van der Waals surface area contributed by atoms with Crippen molar-refractivity contribution in [2.24, 2.45) is 0 Å². The quantitative estimate of drug-likeness (QED) is 0.670. The van der Waals surface area contributed by atoms with Gasteiger partial charge in [0.2, 0.25) is 31.2 Å². The number of benzene rings is 2. The molecular weight excluding hydrogens is 378 g/mol. The smallest absolute Gasteiger partial charge is 0.232 e. The van der Waals surface area contributed by atoms with Gasteiger partial charge in [-0.15, -0.1) is 0 Å². The second-order valence-corrected chi connectivity index (χ2v) is 6.97. The van der Waals surface area contributed by atoms with E-state index in [1.165, 1.54) is 0 Å². The van der Waals surface area contributed by atoms with Crippen LogP contribution in [0, 0.1) is 0 Å². The Kier molecular flexibility index (Phi) is 3.43. The molecule has 4 heterocycles. The number of hydrogen-bond acceptors (Lipinski definition) is 8. The zero-order valence-corrected chi connectivity index (χ0v) is 15.2. The molecule has 0 radical (unpaired) electrons. The molecule has 1 saturated heterocycles. The van der Waals surface area contributed by atoms with E-state index in [0.717, 1.165) is 11.3 Å². The molecule has 29 heavy (non-hydrogen) atoms. The van der Waals surface area contributed by atoms with Crippen LogP contribution >= 0.6 is 0 Å². The third-order valence-electron chi connectivity index (χ3n) is 5.21. The van der Waals surface area contributed by atoms with E-state index < -0.39 is 0 Å². The van der Waals surface area contributed by atoms with Crippen molar-refractivity contribution in [3.05, 3.63) is 42.3 Å². The summed E-state index contributed by atoms with van der Waals surface area (Å²) >= 11 is 0. The van der Waals surface area contributed by atoms with Crippen molar-refractivity contribution in [2.75, 3.05) is 25.0 Å². The van der Waals surface area contributed by atoms with Gasteiger partial charge in [-0.25, -0.2) is 0 Å². The Morgan fingerprint density at radius 1 is 0.897 bits per heavy atom. The van der Waals surface area contributed by atoms with Gasteiger partial charge in [-0.3, -0.25) is 4.79 Å². The van der Waals surface area contributed by atoms with Gasteiger partial charge in [0, 0.05) is 30.3 Å². The third-order valence-corrected chi connectivity index (χ3v) is 5.21. The fourth-order valence-corrected chi connectivity index (χ4v) is 3.73. The van der Waals surface area contributed by atoms with E-state index in [2.05, 4.69) is 10.1 Å². The van der Waals surface area contributed by atoms with Crippen LogP contribution in [0.4, 0.5) is 5.69 Å². The number of nitrogens with zero attached hydrogens (tertiary/aromatic N) is 3. The lowest BCUT2D eigenvalue weighted by Crippen LogP contribution is -2.24. The molecule has 6 rings (SSSR count). The highest BCUT2D eigenvalue weighted by Gasteiger charge is 2.36. The van der Waals surface area contributed by atoms with Gasteiger partial charge in [-0.1, -0.05) is 5.16 Å². The minimum Gasteiger partial charge on any atom is -0.454 e. The number of anilines is 1. The fourth-order valence-electron chi connectivity index (χ4n) is 3.73. The normalized spacial score (nSPS) is 19.2. The van der Waals surface area contributed by atoms with E-state index in [9.17, 15) is 4.79 Å². The highest BCUT2D eigenvalue weighted by molar-refractivity contribution is 5.96. The molecular formula is C20H15N3O6. The molecule has 3 aliphatic rings. The van der Waals surface area contributed by atoms with Gasteiger partial charge in [0.05, 0.1) is 5.92 Å². The van der Waals surface area contributed by atoms with Crippen LogP contribution in [0.15, 0.2) is 40.9 Å². The molecule has 1 amide bonds. The Morgan fingerprint density at radius 3 is 2.45 bits per heavy atom. The first-order chi connectivity index (χ1) is 14.2. The molecule has 9 heteroatoms. The zero-order valence-electron chi connectivity index (χ0n) is 15.2. The van der Waals surface area contributed by atoms with E-state index >= 15 is 0 Å². The lowest BCUT2D eigenvalue weighted by Gasteiger charge is -2.16. The Balaban J connectivity index is 1.24. The van der Waals surface area contributed by atoms with Crippen molar-refractivity contribution in [2.45, 2.75) is 12.3 Å². The number of amides is 1. The van der Waals surface area contributed by atoms with Crippen molar-refractivity contribution in [3.8, 4) is 34.4 Å². The van der Waals surface area contributed by atoms with Crippen LogP contribution in [0.5, 0.6) is 23.0 Å². The number of carbonyl (C=O) groups is 1. The van der Waals surface area contributed by atoms with Crippen LogP contribution in [-0.2, 0) is 4.79 Å². The molecule has 0 bridgehead atoms. The largest absolute Gasteiger partial charge is 0.454 e. The SMILES string of the molecule is O=C1C[C@H](c2nc(-c3ccc4c(c3)OCO4)no2)CN1c1ccc2c(c1)OCO2. The van der Waals surface area contributed by atoms with Crippen molar-refractivity contribution in [3.63, 3.8) is 0 Å². The van der Waals surface area contributed by atoms with Crippen LogP contribution in [0.3, 0.4) is 0 Å². The topological polar surface area (TPSA) is 96.2 Å². The van der Waals surface area contributed by atoms with Crippen molar-refractivity contribution >= 4 is 11.6 Å². The first-order valence-electron chi connectivity index (χ1n) is 9.18. The number of carbonyl (C=O) groups excluding carboxylic acids is 1. The Bertz CT molecular complexity index is 1130. The minimum atomic E-state index is -0.178. The Morgan fingerprint density at radius 2 is 1.62 bits per heavy atom. The lowest BCUT2D eigenvalue weighted by molar-refractivity contribution is -0.117.